The summed E-state index contributed by atoms with van der Waals surface area (Å²) in [6, 6.07) is -0.154. The Morgan fingerprint density at radius 2 is 1.63 bits per heavy atom. The minimum atomic E-state index is -0.801. The highest BCUT2D eigenvalue weighted by Crippen LogP contribution is 2.31. The molecule has 0 aromatic heterocycles. The third-order valence-corrected chi connectivity index (χ3v) is 4.46. The monoisotopic (exact) mass is 269 g/mol. The zero-order valence-corrected chi connectivity index (χ0v) is 11.2. The molecule has 0 heterocycles. The van der Waals surface area contributed by atoms with Crippen molar-refractivity contribution in [3.63, 3.8) is 0 Å². The first kappa shape index (κ1) is 14.3. The molecule has 2 saturated carbocycles. The lowest BCUT2D eigenvalue weighted by atomic mass is 10.0. The van der Waals surface area contributed by atoms with Crippen molar-refractivity contribution in [3.05, 3.63) is 0 Å². The maximum Gasteiger partial charge on any atom is 0.306 e. The molecule has 2 aliphatic rings. The van der Waals surface area contributed by atoms with E-state index in [-0.39, 0.29) is 23.8 Å². The van der Waals surface area contributed by atoms with Crippen molar-refractivity contribution < 1.29 is 19.8 Å². The Balaban J connectivity index is 1.85. The third-order valence-electron chi connectivity index (χ3n) is 4.46. The van der Waals surface area contributed by atoms with Gasteiger partial charge in [0.2, 0.25) is 5.91 Å². The van der Waals surface area contributed by atoms with Gasteiger partial charge in [0.15, 0.2) is 0 Å². The molecule has 0 aromatic carbocycles. The second kappa shape index (κ2) is 6.37. The van der Waals surface area contributed by atoms with Gasteiger partial charge < -0.3 is 15.5 Å². The van der Waals surface area contributed by atoms with Crippen molar-refractivity contribution in [1.82, 2.24) is 5.32 Å². The fourth-order valence-electron chi connectivity index (χ4n) is 3.20. The average molecular weight is 269 g/mol. The number of hydrogen-bond donors (Lipinski definition) is 3. The molecular formula is C14H23NO4. The number of carboxylic acid groups (broad SMARTS) is 1. The van der Waals surface area contributed by atoms with Gasteiger partial charge in [-0.05, 0) is 32.1 Å². The summed E-state index contributed by atoms with van der Waals surface area (Å²) in [7, 11) is 0. The highest BCUT2D eigenvalue weighted by molar-refractivity contribution is 5.81. The van der Waals surface area contributed by atoms with Crippen molar-refractivity contribution in [2.24, 2.45) is 11.8 Å². The van der Waals surface area contributed by atoms with Crippen LogP contribution < -0.4 is 5.32 Å². The molecule has 1 amide bonds. The first-order valence-corrected chi connectivity index (χ1v) is 7.29. The van der Waals surface area contributed by atoms with E-state index in [1.807, 2.05) is 0 Å². The molecule has 2 aliphatic carbocycles. The van der Waals surface area contributed by atoms with E-state index in [1.54, 1.807) is 0 Å². The number of aliphatic hydroxyl groups excluding tert-OH is 1. The van der Waals surface area contributed by atoms with Crippen molar-refractivity contribution in [2.75, 3.05) is 0 Å². The molecule has 5 heteroatoms. The van der Waals surface area contributed by atoms with Crippen LogP contribution in [0.15, 0.2) is 0 Å². The lowest BCUT2D eigenvalue weighted by molar-refractivity contribution is -0.141. The normalized spacial score (nSPS) is 35.6. The minimum Gasteiger partial charge on any atom is -0.481 e. The van der Waals surface area contributed by atoms with Crippen LogP contribution in [0.25, 0.3) is 0 Å². The van der Waals surface area contributed by atoms with Gasteiger partial charge in [-0.3, -0.25) is 9.59 Å². The lowest BCUT2D eigenvalue weighted by Gasteiger charge is -2.23. The summed E-state index contributed by atoms with van der Waals surface area (Å²) in [6.45, 7) is 0. The highest BCUT2D eigenvalue weighted by Gasteiger charge is 2.35. The summed E-state index contributed by atoms with van der Waals surface area (Å²) in [4.78, 5) is 23.0. The van der Waals surface area contributed by atoms with Gasteiger partial charge in [0.05, 0.1) is 18.1 Å². The summed E-state index contributed by atoms with van der Waals surface area (Å²) in [5.74, 6) is -1.45. The van der Waals surface area contributed by atoms with Crippen LogP contribution >= 0.6 is 0 Å². The molecule has 5 nitrogen and oxygen atoms in total. The van der Waals surface area contributed by atoms with Crippen LogP contribution in [-0.2, 0) is 9.59 Å². The number of amides is 1. The zero-order valence-electron chi connectivity index (χ0n) is 11.2. The first-order valence-electron chi connectivity index (χ1n) is 7.29. The largest absolute Gasteiger partial charge is 0.481 e. The van der Waals surface area contributed by atoms with Crippen LogP contribution in [0.3, 0.4) is 0 Å². The molecule has 0 spiro atoms. The highest BCUT2D eigenvalue weighted by atomic mass is 16.4. The van der Waals surface area contributed by atoms with E-state index in [1.165, 1.54) is 0 Å². The summed E-state index contributed by atoms with van der Waals surface area (Å²) >= 11 is 0. The Labute approximate surface area is 113 Å². The van der Waals surface area contributed by atoms with E-state index in [4.69, 9.17) is 5.11 Å². The molecule has 4 atom stereocenters. The summed E-state index contributed by atoms with van der Waals surface area (Å²) in [5.41, 5.74) is 0. The Morgan fingerprint density at radius 3 is 2.32 bits per heavy atom. The molecular weight excluding hydrogens is 246 g/mol. The fraction of sp³-hybridized carbons (Fsp3) is 0.857. The molecule has 0 bridgehead atoms. The van der Waals surface area contributed by atoms with Crippen molar-refractivity contribution in [1.29, 1.82) is 0 Å². The number of nitrogens with one attached hydrogen (secondary N) is 1. The molecule has 0 aromatic rings. The number of rotatable bonds is 3. The molecule has 3 N–H and O–H groups in total. The predicted molar refractivity (Wildman–Crippen MR) is 69.5 cm³/mol. The molecule has 0 radical (unpaired) electrons. The van der Waals surface area contributed by atoms with Crippen LogP contribution in [0.4, 0.5) is 0 Å². The van der Waals surface area contributed by atoms with Crippen molar-refractivity contribution in [2.45, 2.75) is 63.5 Å². The van der Waals surface area contributed by atoms with Crippen LogP contribution in [-0.4, -0.2) is 34.2 Å². The lowest BCUT2D eigenvalue weighted by Crippen LogP contribution is -2.44. The molecule has 0 aliphatic heterocycles. The van der Waals surface area contributed by atoms with Crippen LogP contribution in [0.2, 0.25) is 0 Å². The van der Waals surface area contributed by atoms with E-state index in [0.29, 0.717) is 19.3 Å². The number of hydrogen-bond acceptors (Lipinski definition) is 3. The number of carbonyl (C=O) groups is 2. The molecule has 2 rings (SSSR count). The summed E-state index contributed by atoms with van der Waals surface area (Å²) in [5, 5.41) is 21.8. The maximum absolute atomic E-state index is 12.1. The summed E-state index contributed by atoms with van der Waals surface area (Å²) in [6.07, 6.45) is 5.92. The number of carboxylic acids is 1. The summed E-state index contributed by atoms with van der Waals surface area (Å²) < 4.78 is 0. The standard InChI is InChI=1S/C14H23NO4/c16-12-5-3-1-2-4-11(12)15-13(17)9-6-7-10(8-9)14(18)19/h9-12,16H,1-8H2,(H,15,17)(H,18,19). The van der Waals surface area contributed by atoms with Gasteiger partial charge in [0.1, 0.15) is 0 Å². The second-order valence-electron chi connectivity index (χ2n) is 5.87. The van der Waals surface area contributed by atoms with Crippen LogP contribution in [0.5, 0.6) is 0 Å². The van der Waals surface area contributed by atoms with Gasteiger partial charge in [-0.1, -0.05) is 19.3 Å². The topological polar surface area (TPSA) is 86.6 Å². The van der Waals surface area contributed by atoms with E-state index < -0.39 is 12.1 Å². The Morgan fingerprint density at radius 1 is 0.947 bits per heavy atom. The molecule has 108 valence electrons. The van der Waals surface area contributed by atoms with E-state index in [9.17, 15) is 14.7 Å². The Bertz CT molecular complexity index is 344. The van der Waals surface area contributed by atoms with E-state index in [2.05, 4.69) is 5.32 Å². The third kappa shape index (κ3) is 3.69. The van der Waals surface area contributed by atoms with Crippen LogP contribution in [0, 0.1) is 11.8 Å². The quantitative estimate of drug-likeness (QED) is 0.674. The van der Waals surface area contributed by atoms with Gasteiger partial charge in [-0.2, -0.15) is 0 Å². The molecule has 4 unspecified atom stereocenters. The van der Waals surface area contributed by atoms with Gasteiger partial charge in [-0.25, -0.2) is 0 Å². The van der Waals surface area contributed by atoms with E-state index >= 15 is 0 Å². The van der Waals surface area contributed by atoms with Gasteiger partial charge in [0.25, 0.3) is 0 Å². The fourth-order valence-corrected chi connectivity index (χ4v) is 3.20. The van der Waals surface area contributed by atoms with Crippen molar-refractivity contribution >= 4 is 11.9 Å². The first-order chi connectivity index (χ1) is 9.08. The van der Waals surface area contributed by atoms with Crippen molar-refractivity contribution in [3.8, 4) is 0 Å². The Hall–Kier alpha value is -1.10. The van der Waals surface area contributed by atoms with Gasteiger partial charge in [0, 0.05) is 5.92 Å². The number of aliphatic carboxylic acids is 1. The van der Waals surface area contributed by atoms with Gasteiger partial charge >= 0.3 is 5.97 Å². The smallest absolute Gasteiger partial charge is 0.306 e. The predicted octanol–water partition coefficient (Wildman–Crippen LogP) is 1.30. The molecule has 19 heavy (non-hydrogen) atoms. The zero-order chi connectivity index (χ0) is 13.8. The van der Waals surface area contributed by atoms with E-state index in [0.717, 1.165) is 32.1 Å². The van der Waals surface area contributed by atoms with Gasteiger partial charge in [-0.15, -0.1) is 0 Å². The average Bonchev–Trinajstić information content (AvgIpc) is 2.78. The number of aliphatic hydroxyl groups is 1. The second-order valence-corrected chi connectivity index (χ2v) is 5.87. The molecule has 0 saturated heterocycles. The van der Waals surface area contributed by atoms with Crippen LogP contribution in [0.1, 0.15) is 51.4 Å². The Kier molecular flexibility index (Phi) is 4.80. The number of carbonyl (C=O) groups excluding carboxylic acids is 1. The molecule has 2 fully saturated rings. The minimum absolute atomic E-state index is 0.0744. The maximum atomic E-state index is 12.1. The SMILES string of the molecule is O=C(O)C1CCC(C(=O)NC2CCCCCC2O)C1.